The Bertz CT molecular complexity index is 441. The van der Waals surface area contributed by atoms with Crippen LogP contribution in [0.2, 0.25) is 0 Å². The Labute approximate surface area is 116 Å². The molecule has 4 heteroatoms. The second kappa shape index (κ2) is 4.91. The first-order valence-electron chi connectivity index (χ1n) is 7.02. The van der Waals surface area contributed by atoms with E-state index in [0.717, 1.165) is 12.0 Å². The lowest BCUT2D eigenvalue weighted by Gasteiger charge is -2.32. The van der Waals surface area contributed by atoms with Crippen LogP contribution in [0.5, 0.6) is 0 Å². The summed E-state index contributed by atoms with van der Waals surface area (Å²) in [5, 5.41) is 0. The van der Waals surface area contributed by atoms with Crippen LogP contribution in [0.1, 0.15) is 47.1 Å². The minimum absolute atomic E-state index is 0.315. The van der Waals surface area contributed by atoms with Gasteiger partial charge in [0.15, 0.2) is 0 Å². The van der Waals surface area contributed by atoms with Crippen LogP contribution in [-0.4, -0.2) is 23.3 Å². The highest BCUT2D eigenvalue weighted by Gasteiger charge is 2.52. The Morgan fingerprint density at radius 2 is 1.74 bits per heavy atom. The zero-order valence-corrected chi connectivity index (χ0v) is 12.9. The highest BCUT2D eigenvalue weighted by atomic mass is 16.7. The van der Waals surface area contributed by atoms with Gasteiger partial charge in [0.2, 0.25) is 0 Å². The van der Waals surface area contributed by atoms with E-state index in [2.05, 4.69) is 52.6 Å². The number of hydrogen-bond donors (Lipinski definition) is 0. The minimum Gasteiger partial charge on any atom is -0.398 e. The van der Waals surface area contributed by atoms with E-state index < -0.39 is 0 Å². The molecule has 0 radical (unpaired) electrons. The molecule has 1 fully saturated rings. The summed E-state index contributed by atoms with van der Waals surface area (Å²) in [4.78, 5) is 4.49. The van der Waals surface area contributed by atoms with Gasteiger partial charge in [-0.1, -0.05) is 19.9 Å². The molecule has 1 aliphatic rings. The number of pyridine rings is 1. The van der Waals surface area contributed by atoms with Gasteiger partial charge < -0.3 is 9.31 Å². The Morgan fingerprint density at radius 3 is 2.26 bits per heavy atom. The monoisotopic (exact) mass is 261 g/mol. The van der Waals surface area contributed by atoms with Gasteiger partial charge in [-0.15, -0.1) is 0 Å². The smallest absolute Gasteiger partial charge is 0.398 e. The zero-order valence-electron chi connectivity index (χ0n) is 12.9. The van der Waals surface area contributed by atoms with Crippen LogP contribution < -0.4 is 5.59 Å². The van der Waals surface area contributed by atoms with Gasteiger partial charge in [-0.05, 0) is 51.7 Å². The van der Waals surface area contributed by atoms with E-state index in [4.69, 9.17) is 9.31 Å². The van der Waals surface area contributed by atoms with E-state index >= 15 is 0 Å². The average molecular weight is 261 g/mol. The Balaban J connectivity index is 2.29. The van der Waals surface area contributed by atoms with E-state index in [1.807, 2.05) is 12.3 Å². The fraction of sp³-hybridized carbons (Fsp3) is 0.667. The summed E-state index contributed by atoms with van der Waals surface area (Å²) in [6.07, 6.45) is 2.80. The van der Waals surface area contributed by atoms with E-state index in [-0.39, 0.29) is 18.3 Å². The molecule has 1 aromatic rings. The normalized spacial score (nSPS) is 21.1. The van der Waals surface area contributed by atoms with Crippen molar-refractivity contribution >= 4 is 12.7 Å². The molecule has 19 heavy (non-hydrogen) atoms. The summed E-state index contributed by atoms with van der Waals surface area (Å²) in [6, 6.07) is 4.10. The summed E-state index contributed by atoms with van der Waals surface area (Å²) in [5.74, 6) is 0.588. The number of aromatic nitrogens is 1. The van der Waals surface area contributed by atoms with Crippen molar-refractivity contribution in [2.24, 2.45) is 5.92 Å². The predicted molar refractivity (Wildman–Crippen MR) is 78.5 cm³/mol. The first-order chi connectivity index (χ1) is 8.73. The van der Waals surface area contributed by atoms with E-state index in [9.17, 15) is 0 Å². The second-order valence-corrected chi connectivity index (χ2v) is 6.73. The Morgan fingerprint density at radius 1 is 1.16 bits per heavy atom. The molecular formula is C15H24BNO2. The SMILES string of the molecule is CC(C)Cc1cccnc1B1OC(C)(C)C(C)(C)O1. The summed E-state index contributed by atoms with van der Waals surface area (Å²) in [5.41, 5.74) is 1.51. The summed E-state index contributed by atoms with van der Waals surface area (Å²) in [6.45, 7) is 12.7. The van der Waals surface area contributed by atoms with Gasteiger partial charge in [-0.2, -0.15) is 0 Å². The fourth-order valence-corrected chi connectivity index (χ4v) is 2.23. The molecule has 0 aromatic carbocycles. The Kier molecular flexibility index (Phi) is 3.76. The fourth-order valence-electron chi connectivity index (χ4n) is 2.23. The molecular weight excluding hydrogens is 237 g/mol. The van der Waals surface area contributed by atoms with Gasteiger partial charge in [0.05, 0.1) is 16.8 Å². The maximum absolute atomic E-state index is 6.09. The molecule has 1 aromatic heterocycles. The van der Waals surface area contributed by atoms with Crippen LogP contribution in [-0.2, 0) is 15.7 Å². The van der Waals surface area contributed by atoms with E-state index in [1.165, 1.54) is 5.56 Å². The van der Waals surface area contributed by atoms with Gasteiger partial charge in [-0.25, -0.2) is 0 Å². The van der Waals surface area contributed by atoms with Gasteiger partial charge in [0, 0.05) is 6.20 Å². The van der Waals surface area contributed by atoms with Crippen LogP contribution in [0.25, 0.3) is 0 Å². The van der Waals surface area contributed by atoms with Gasteiger partial charge in [0.25, 0.3) is 0 Å². The van der Waals surface area contributed by atoms with Gasteiger partial charge >= 0.3 is 7.12 Å². The molecule has 0 bridgehead atoms. The molecule has 0 aliphatic carbocycles. The van der Waals surface area contributed by atoms with Crippen molar-refractivity contribution in [1.82, 2.24) is 4.98 Å². The average Bonchev–Trinajstić information content (AvgIpc) is 2.48. The van der Waals surface area contributed by atoms with Gasteiger partial charge in [0.1, 0.15) is 0 Å². The number of hydrogen-bond acceptors (Lipinski definition) is 3. The topological polar surface area (TPSA) is 31.4 Å². The van der Waals surface area contributed by atoms with E-state index in [1.54, 1.807) is 0 Å². The van der Waals surface area contributed by atoms with Crippen molar-refractivity contribution in [2.75, 3.05) is 0 Å². The molecule has 0 N–H and O–H groups in total. The van der Waals surface area contributed by atoms with Crippen molar-refractivity contribution < 1.29 is 9.31 Å². The first-order valence-corrected chi connectivity index (χ1v) is 7.02. The quantitative estimate of drug-likeness (QED) is 0.784. The van der Waals surface area contributed by atoms with Crippen molar-refractivity contribution in [3.63, 3.8) is 0 Å². The maximum Gasteiger partial charge on any atom is 0.514 e. The van der Waals surface area contributed by atoms with E-state index in [0.29, 0.717) is 5.92 Å². The van der Waals surface area contributed by atoms with Crippen molar-refractivity contribution in [1.29, 1.82) is 0 Å². The summed E-state index contributed by atoms with van der Waals surface area (Å²) < 4.78 is 12.2. The lowest BCUT2D eigenvalue weighted by Crippen LogP contribution is -2.41. The molecule has 2 heterocycles. The van der Waals surface area contributed by atoms with Crippen LogP contribution in [0, 0.1) is 5.92 Å². The van der Waals surface area contributed by atoms with Gasteiger partial charge in [-0.3, -0.25) is 4.98 Å². The number of nitrogens with zero attached hydrogens (tertiary/aromatic N) is 1. The third kappa shape index (κ3) is 2.85. The molecule has 0 saturated carbocycles. The molecule has 0 amide bonds. The lowest BCUT2D eigenvalue weighted by atomic mass is 9.79. The van der Waals surface area contributed by atoms with Crippen molar-refractivity contribution in [3.05, 3.63) is 23.9 Å². The third-order valence-electron chi connectivity index (χ3n) is 4.03. The molecule has 3 nitrogen and oxygen atoms in total. The molecule has 0 unspecified atom stereocenters. The predicted octanol–water partition coefficient (Wildman–Crippen LogP) is 2.58. The maximum atomic E-state index is 6.09. The number of rotatable bonds is 3. The largest absolute Gasteiger partial charge is 0.514 e. The lowest BCUT2D eigenvalue weighted by molar-refractivity contribution is 0.00578. The van der Waals surface area contributed by atoms with Crippen molar-refractivity contribution in [3.8, 4) is 0 Å². The van der Waals surface area contributed by atoms with Crippen LogP contribution in [0.15, 0.2) is 18.3 Å². The molecule has 0 spiro atoms. The molecule has 1 aliphatic heterocycles. The highest BCUT2D eigenvalue weighted by molar-refractivity contribution is 6.61. The summed E-state index contributed by atoms with van der Waals surface area (Å²) in [7, 11) is -0.361. The van der Waals surface area contributed by atoms with Crippen LogP contribution in [0.3, 0.4) is 0 Å². The third-order valence-corrected chi connectivity index (χ3v) is 4.03. The molecule has 1 saturated heterocycles. The molecule has 2 rings (SSSR count). The van der Waals surface area contributed by atoms with Crippen LogP contribution >= 0.6 is 0 Å². The molecule has 104 valence electrons. The van der Waals surface area contributed by atoms with Crippen LogP contribution in [0.4, 0.5) is 0 Å². The highest BCUT2D eigenvalue weighted by Crippen LogP contribution is 2.36. The zero-order chi connectivity index (χ0) is 14.3. The Hall–Kier alpha value is -0.865. The van der Waals surface area contributed by atoms with Crippen molar-refractivity contribution in [2.45, 2.75) is 59.2 Å². The first kappa shape index (κ1) is 14.5. The second-order valence-electron chi connectivity index (χ2n) is 6.73. The molecule has 0 atom stereocenters. The standard InChI is InChI=1S/C15H24BNO2/c1-11(2)10-12-8-7-9-17-13(12)16-18-14(3,4)15(5,6)19-16/h7-9,11H,10H2,1-6H3. The summed E-state index contributed by atoms with van der Waals surface area (Å²) >= 11 is 0. The minimum atomic E-state index is -0.361.